The van der Waals surface area contributed by atoms with E-state index in [-0.39, 0.29) is 22.8 Å². The molecule has 0 aliphatic heterocycles. The van der Waals surface area contributed by atoms with Crippen molar-refractivity contribution in [3.63, 3.8) is 0 Å². The van der Waals surface area contributed by atoms with Crippen molar-refractivity contribution in [3.8, 4) is 11.1 Å². The maximum Gasteiger partial charge on any atom is 0.274 e. The van der Waals surface area contributed by atoms with E-state index in [4.69, 9.17) is 9.47 Å². The normalized spacial score (nSPS) is 11.3. The number of methoxy groups -OCH3 is 2. The largest absolute Gasteiger partial charge is 0.383 e. The molecule has 2 aromatic carbocycles. The van der Waals surface area contributed by atoms with Crippen LogP contribution in [0.15, 0.2) is 77.9 Å². The Bertz CT molecular complexity index is 1720. The summed E-state index contributed by atoms with van der Waals surface area (Å²) < 4.78 is 11.8. The Morgan fingerprint density at radius 1 is 0.913 bits per heavy atom. The van der Waals surface area contributed by atoms with Gasteiger partial charge in [0.2, 0.25) is 0 Å². The summed E-state index contributed by atoms with van der Waals surface area (Å²) in [4.78, 5) is 45.3. The molecule has 0 aliphatic carbocycles. The van der Waals surface area contributed by atoms with Crippen LogP contribution in [0.1, 0.15) is 52.6 Å². The zero-order valence-corrected chi connectivity index (χ0v) is 27.6. The Morgan fingerprint density at radius 3 is 2.15 bits per heavy atom. The summed E-state index contributed by atoms with van der Waals surface area (Å²) in [6.07, 6.45) is 3.25. The highest BCUT2D eigenvalue weighted by molar-refractivity contribution is 6.05. The van der Waals surface area contributed by atoms with Crippen LogP contribution in [0.3, 0.4) is 0 Å². The van der Waals surface area contributed by atoms with Gasteiger partial charge in [0.25, 0.3) is 17.4 Å². The van der Waals surface area contributed by atoms with E-state index in [2.05, 4.69) is 36.4 Å². The minimum Gasteiger partial charge on any atom is -0.383 e. The topological polar surface area (TPSA) is 115 Å². The first-order chi connectivity index (χ1) is 21.9. The third-order valence-corrected chi connectivity index (χ3v) is 7.78. The second kappa shape index (κ2) is 15.0. The van der Waals surface area contributed by atoms with E-state index in [0.29, 0.717) is 54.6 Å². The number of carbonyl (C=O) groups excluding carboxylic acids is 2. The van der Waals surface area contributed by atoms with Gasteiger partial charge in [0.15, 0.2) is 0 Å². The van der Waals surface area contributed by atoms with E-state index in [9.17, 15) is 14.4 Å². The molecule has 4 rings (SSSR count). The van der Waals surface area contributed by atoms with E-state index in [1.54, 1.807) is 50.6 Å². The first-order valence-corrected chi connectivity index (χ1v) is 15.2. The molecule has 0 aliphatic rings. The fourth-order valence-corrected chi connectivity index (χ4v) is 4.98. The summed E-state index contributed by atoms with van der Waals surface area (Å²) in [5.74, 6) is 0.0359. The molecule has 10 nitrogen and oxygen atoms in total. The van der Waals surface area contributed by atoms with Crippen LogP contribution < -0.4 is 16.2 Å². The molecule has 4 aromatic rings. The Morgan fingerprint density at radius 2 is 1.57 bits per heavy atom. The molecular weight excluding hydrogens is 582 g/mol. The molecule has 0 fully saturated rings. The van der Waals surface area contributed by atoms with Crippen LogP contribution in [0.5, 0.6) is 0 Å². The Labute approximate surface area is 270 Å². The molecule has 2 N–H and O–H groups in total. The van der Waals surface area contributed by atoms with Gasteiger partial charge >= 0.3 is 0 Å². The van der Waals surface area contributed by atoms with E-state index in [1.165, 1.54) is 10.8 Å². The molecule has 0 saturated carbocycles. The van der Waals surface area contributed by atoms with Crippen LogP contribution in [-0.4, -0.2) is 66.8 Å². The quantitative estimate of drug-likeness (QED) is 0.205. The number of benzene rings is 2. The van der Waals surface area contributed by atoms with Crippen molar-refractivity contribution in [2.24, 2.45) is 7.05 Å². The zero-order chi connectivity index (χ0) is 33.4. The molecule has 0 bridgehead atoms. The third kappa shape index (κ3) is 8.26. The average Bonchev–Trinajstić information content (AvgIpc) is 3.04. The minimum atomic E-state index is -0.239. The number of pyridine rings is 2. The number of carbonyl (C=O) groups is 2. The van der Waals surface area contributed by atoms with Gasteiger partial charge in [0.05, 0.1) is 18.8 Å². The fraction of sp³-hybridized carbons (Fsp3) is 0.333. The van der Waals surface area contributed by atoms with Crippen molar-refractivity contribution in [2.45, 2.75) is 33.1 Å². The van der Waals surface area contributed by atoms with Crippen LogP contribution in [0.2, 0.25) is 0 Å². The molecule has 2 heterocycles. The van der Waals surface area contributed by atoms with E-state index in [1.807, 2.05) is 49.4 Å². The maximum absolute atomic E-state index is 13.1. The number of anilines is 3. The highest BCUT2D eigenvalue weighted by atomic mass is 16.5. The second-order valence-electron chi connectivity index (χ2n) is 12.2. The van der Waals surface area contributed by atoms with Gasteiger partial charge in [-0.25, -0.2) is 4.98 Å². The van der Waals surface area contributed by atoms with Crippen LogP contribution in [0.25, 0.3) is 11.1 Å². The summed E-state index contributed by atoms with van der Waals surface area (Å²) in [6, 6.07) is 18.4. The van der Waals surface area contributed by atoms with Gasteiger partial charge in [-0.3, -0.25) is 14.4 Å². The van der Waals surface area contributed by atoms with Crippen molar-refractivity contribution in [1.29, 1.82) is 0 Å². The lowest BCUT2D eigenvalue weighted by molar-refractivity contribution is 0.0627. The highest BCUT2D eigenvalue weighted by Crippen LogP contribution is 2.30. The number of nitrogens with zero attached hydrogens (tertiary/aromatic N) is 3. The number of hydrogen-bond donors (Lipinski definition) is 2. The molecule has 46 heavy (non-hydrogen) atoms. The van der Waals surface area contributed by atoms with Crippen molar-refractivity contribution in [1.82, 2.24) is 14.5 Å². The maximum atomic E-state index is 13.1. The lowest BCUT2D eigenvalue weighted by Gasteiger charge is -2.22. The molecule has 0 spiro atoms. The number of rotatable bonds is 12. The van der Waals surface area contributed by atoms with Gasteiger partial charge in [-0.2, -0.15) is 0 Å². The summed E-state index contributed by atoms with van der Waals surface area (Å²) >= 11 is 0. The monoisotopic (exact) mass is 625 g/mol. The van der Waals surface area contributed by atoms with Gasteiger partial charge in [0, 0.05) is 63.6 Å². The average molecular weight is 626 g/mol. The summed E-state index contributed by atoms with van der Waals surface area (Å²) in [5.41, 5.74) is 5.41. The SMILES string of the molecule is COCCN(CCOC)C(=O)c1ccc(Nc2cc(-c3cccc(NC(=O)c4ccc(C(C)(C)C)cc4)c3C)cn(C)c2=O)nc1. The van der Waals surface area contributed by atoms with E-state index < -0.39 is 0 Å². The number of ether oxygens (including phenoxy) is 2. The Balaban J connectivity index is 1.54. The predicted octanol–water partition coefficient (Wildman–Crippen LogP) is 5.78. The van der Waals surface area contributed by atoms with Crippen LogP contribution in [0.4, 0.5) is 17.2 Å². The molecule has 0 radical (unpaired) electrons. The summed E-state index contributed by atoms with van der Waals surface area (Å²) in [6.45, 7) is 10.0. The number of aryl methyl sites for hydroxylation is 1. The van der Waals surface area contributed by atoms with Crippen molar-refractivity contribution >= 4 is 29.0 Å². The van der Waals surface area contributed by atoms with E-state index >= 15 is 0 Å². The van der Waals surface area contributed by atoms with Crippen LogP contribution >= 0.6 is 0 Å². The van der Waals surface area contributed by atoms with Gasteiger partial charge in [-0.1, -0.05) is 45.0 Å². The predicted molar refractivity (Wildman–Crippen MR) is 182 cm³/mol. The summed E-state index contributed by atoms with van der Waals surface area (Å²) in [7, 11) is 4.86. The number of hydrogen-bond acceptors (Lipinski definition) is 7. The molecule has 0 saturated heterocycles. The molecule has 2 amide bonds. The molecular formula is C36H43N5O5. The Hall–Kier alpha value is -4.80. The first-order valence-electron chi connectivity index (χ1n) is 15.2. The van der Waals surface area contributed by atoms with E-state index in [0.717, 1.165) is 22.3 Å². The standard InChI is InChI=1S/C36H43N5O5/c1-24-29(9-8-10-30(24)39-33(42)25-11-14-28(15-12-25)36(2,3)4)27-21-31(35(44)40(5)23-27)38-32-16-13-26(22-37-32)34(43)41(17-19-45-6)18-20-46-7/h8-16,21-23H,17-20H2,1-7H3,(H,37,38)(H,39,42). The summed E-state index contributed by atoms with van der Waals surface area (Å²) in [5, 5.41) is 6.15. The lowest BCUT2D eigenvalue weighted by Crippen LogP contribution is -2.36. The lowest BCUT2D eigenvalue weighted by atomic mass is 9.86. The minimum absolute atomic E-state index is 0.00188. The molecule has 10 heteroatoms. The first kappa shape index (κ1) is 34.1. The van der Waals surface area contributed by atoms with Gasteiger partial charge < -0.3 is 29.6 Å². The Kier molecular flexibility index (Phi) is 11.1. The molecule has 0 atom stereocenters. The number of nitrogens with one attached hydrogen (secondary N) is 2. The highest BCUT2D eigenvalue weighted by Gasteiger charge is 2.18. The van der Waals surface area contributed by atoms with Gasteiger partial charge in [0.1, 0.15) is 11.5 Å². The number of aromatic nitrogens is 2. The van der Waals surface area contributed by atoms with Crippen molar-refractivity contribution < 1.29 is 19.1 Å². The second-order valence-corrected chi connectivity index (χ2v) is 12.2. The van der Waals surface area contributed by atoms with Crippen molar-refractivity contribution in [2.75, 3.05) is 51.2 Å². The van der Waals surface area contributed by atoms with Crippen LogP contribution in [0, 0.1) is 6.92 Å². The third-order valence-electron chi connectivity index (χ3n) is 7.78. The van der Waals surface area contributed by atoms with Crippen molar-refractivity contribution in [3.05, 3.63) is 106 Å². The smallest absolute Gasteiger partial charge is 0.274 e. The zero-order valence-electron chi connectivity index (χ0n) is 27.6. The molecule has 242 valence electrons. The molecule has 0 unspecified atom stereocenters. The fourth-order valence-electron chi connectivity index (χ4n) is 4.98. The molecule has 2 aromatic heterocycles. The number of amides is 2. The van der Waals surface area contributed by atoms with Gasteiger partial charge in [-0.05, 0) is 65.4 Å². The van der Waals surface area contributed by atoms with Gasteiger partial charge in [-0.15, -0.1) is 0 Å². The van der Waals surface area contributed by atoms with Crippen LogP contribution in [-0.2, 0) is 21.9 Å².